The third-order valence-corrected chi connectivity index (χ3v) is 1.51. The second-order valence-corrected chi connectivity index (χ2v) is 2.34. The normalized spacial score (nSPS) is 9.00. The molecule has 0 radical (unpaired) electrons. The second-order valence-electron chi connectivity index (χ2n) is 2.34. The Morgan fingerprint density at radius 2 is 2.25 bits per heavy atom. The molecule has 0 aliphatic rings. The highest BCUT2D eigenvalue weighted by Crippen LogP contribution is 2.23. The standard InChI is InChI=1S/C8H6N2O2/c1-6-5-7(10(11)12)3-4-8(6)9-2/h3-5H,1H3. The van der Waals surface area contributed by atoms with Crippen LogP contribution in [0.15, 0.2) is 18.2 Å². The molecule has 1 rings (SSSR count). The van der Waals surface area contributed by atoms with Gasteiger partial charge in [0.25, 0.3) is 5.69 Å². The molecule has 0 spiro atoms. The molecule has 0 unspecified atom stereocenters. The Balaban J connectivity index is 3.21. The van der Waals surface area contributed by atoms with Crippen LogP contribution in [0.2, 0.25) is 0 Å². The van der Waals surface area contributed by atoms with Crippen LogP contribution < -0.4 is 0 Å². The molecule has 0 bridgehead atoms. The predicted octanol–water partition coefficient (Wildman–Crippen LogP) is 2.45. The molecule has 0 atom stereocenters. The van der Waals surface area contributed by atoms with Gasteiger partial charge in [-0.15, -0.1) is 0 Å². The van der Waals surface area contributed by atoms with Crippen molar-refractivity contribution < 1.29 is 4.92 Å². The van der Waals surface area contributed by atoms with E-state index in [0.29, 0.717) is 11.3 Å². The molecule has 12 heavy (non-hydrogen) atoms. The summed E-state index contributed by atoms with van der Waals surface area (Å²) in [5.41, 5.74) is 1.12. The quantitative estimate of drug-likeness (QED) is 0.361. The van der Waals surface area contributed by atoms with Crippen molar-refractivity contribution in [1.29, 1.82) is 0 Å². The van der Waals surface area contributed by atoms with E-state index < -0.39 is 4.92 Å². The maximum absolute atomic E-state index is 10.3. The van der Waals surface area contributed by atoms with Crippen LogP contribution in [0.3, 0.4) is 0 Å². The van der Waals surface area contributed by atoms with Crippen molar-refractivity contribution in [2.45, 2.75) is 6.92 Å². The Labute approximate surface area is 69.4 Å². The van der Waals surface area contributed by atoms with Crippen molar-refractivity contribution in [3.8, 4) is 0 Å². The van der Waals surface area contributed by atoms with E-state index in [-0.39, 0.29) is 5.69 Å². The fraction of sp³-hybridized carbons (Fsp3) is 0.125. The average molecular weight is 162 g/mol. The first-order valence-electron chi connectivity index (χ1n) is 3.27. The summed E-state index contributed by atoms with van der Waals surface area (Å²) in [6.07, 6.45) is 0. The summed E-state index contributed by atoms with van der Waals surface area (Å²) in [6.45, 7) is 8.40. The molecule has 4 heteroatoms. The Hall–Kier alpha value is -1.89. The largest absolute Gasteiger partial charge is 0.267 e. The lowest BCUT2D eigenvalue weighted by Crippen LogP contribution is -1.87. The number of benzene rings is 1. The molecule has 0 N–H and O–H groups in total. The van der Waals surface area contributed by atoms with E-state index in [1.807, 2.05) is 0 Å². The Morgan fingerprint density at radius 1 is 1.58 bits per heavy atom. The maximum Gasteiger partial charge on any atom is 0.267 e. The first kappa shape index (κ1) is 8.21. The van der Waals surface area contributed by atoms with Crippen molar-refractivity contribution in [1.82, 2.24) is 0 Å². The number of aryl methyl sites for hydroxylation is 1. The van der Waals surface area contributed by atoms with Crippen LogP contribution in [0.1, 0.15) is 5.56 Å². The number of nitro groups is 1. The Kier molecular flexibility index (Phi) is 2.06. The van der Waals surface area contributed by atoms with Crippen LogP contribution in [-0.4, -0.2) is 4.92 Å². The van der Waals surface area contributed by atoms with Gasteiger partial charge in [0.15, 0.2) is 5.69 Å². The highest BCUT2D eigenvalue weighted by molar-refractivity contribution is 5.55. The molecule has 1 aromatic rings. The number of hydrogen-bond donors (Lipinski definition) is 0. The van der Waals surface area contributed by atoms with Crippen LogP contribution >= 0.6 is 0 Å². The molecule has 0 saturated heterocycles. The molecule has 60 valence electrons. The summed E-state index contributed by atoms with van der Waals surface area (Å²) in [5.74, 6) is 0. The first-order chi connectivity index (χ1) is 5.65. The van der Waals surface area contributed by atoms with Gasteiger partial charge in [0.2, 0.25) is 0 Å². The maximum atomic E-state index is 10.3. The van der Waals surface area contributed by atoms with E-state index in [1.54, 1.807) is 6.92 Å². The fourth-order valence-corrected chi connectivity index (χ4v) is 0.879. The number of nitrogens with zero attached hydrogens (tertiary/aromatic N) is 2. The van der Waals surface area contributed by atoms with Crippen LogP contribution in [0, 0.1) is 23.6 Å². The lowest BCUT2D eigenvalue weighted by molar-refractivity contribution is -0.384. The molecule has 0 aliphatic carbocycles. The summed E-state index contributed by atoms with van der Waals surface area (Å²) in [4.78, 5) is 13.0. The Bertz CT molecular complexity index is 366. The van der Waals surface area contributed by atoms with Gasteiger partial charge in [-0.2, -0.15) is 0 Å². The molecule has 0 fully saturated rings. The molecule has 4 nitrogen and oxygen atoms in total. The average Bonchev–Trinajstić information content (AvgIpc) is 2.04. The smallest absolute Gasteiger partial charge is 0.258 e. The molecule has 0 saturated carbocycles. The van der Waals surface area contributed by atoms with E-state index in [0.717, 1.165) is 0 Å². The zero-order valence-electron chi connectivity index (χ0n) is 6.44. The highest BCUT2D eigenvalue weighted by atomic mass is 16.6. The first-order valence-corrected chi connectivity index (χ1v) is 3.27. The van der Waals surface area contributed by atoms with Gasteiger partial charge in [0.05, 0.1) is 11.5 Å². The van der Waals surface area contributed by atoms with Gasteiger partial charge in [0.1, 0.15) is 0 Å². The molecule has 0 aromatic heterocycles. The molecule has 0 aliphatic heterocycles. The SMILES string of the molecule is [C-]#[N+]c1ccc([N+](=O)[O-])cc1C. The number of nitro benzene ring substituents is 1. The zero-order valence-corrected chi connectivity index (χ0v) is 6.44. The van der Waals surface area contributed by atoms with Crippen LogP contribution in [0.25, 0.3) is 4.85 Å². The van der Waals surface area contributed by atoms with E-state index in [2.05, 4.69) is 4.85 Å². The lowest BCUT2D eigenvalue weighted by atomic mass is 10.2. The number of non-ortho nitro benzene ring substituents is 1. The predicted molar refractivity (Wildman–Crippen MR) is 44.1 cm³/mol. The van der Waals surface area contributed by atoms with E-state index in [9.17, 15) is 10.1 Å². The van der Waals surface area contributed by atoms with Gasteiger partial charge in [0, 0.05) is 12.1 Å². The van der Waals surface area contributed by atoms with Crippen molar-refractivity contribution in [3.63, 3.8) is 0 Å². The number of rotatable bonds is 1. The van der Waals surface area contributed by atoms with Gasteiger partial charge in [-0.25, -0.2) is 4.85 Å². The second kappa shape index (κ2) is 3.01. The minimum atomic E-state index is -0.472. The summed E-state index contributed by atoms with van der Waals surface area (Å²) >= 11 is 0. The van der Waals surface area contributed by atoms with Gasteiger partial charge in [-0.3, -0.25) is 10.1 Å². The summed E-state index contributed by atoms with van der Waals surface area (Å²) in [5, 5.41) is 10.3. The van der Waals surface area contributed by atoms with Gasteiger partial charge in [-0.1, -0.05) is 0 Å². The van der Waals surface area contributed by atoms with Crippen LogP contribution in [-0.2, 0) is 0 Å². The monoisotopic (exact) mass is 162 g/mol. The van der Waals surface area contributed by atoms with E-state index in [4.69, 9.17) is 6.57 Å². The summed E-state index contributed by atoms with van der Waals surface area (Å²) in [7, 11) is 0. The van der Waals surface area contributed by atoms with Gasteiger partial charge < -0.3 is 0 Å². The molecule has 0 amide bonds. The third-order valence-electron chi connectivity index (χ3n) is 1.51. The zero-order chi connectivity index (χ0) is 9.14. The third kappa shape index (κ3) is 1.40. The fourth-order valence-electron chi connectivity index (χ4n) is 0.879. The van der Waals surface area contributed by atoms with Crippen molar-refractivity contribution in [2.75, 3.05) is 0 Å². The highest BCUT2D eigenvalue weighted by Gasteiger charge is 2.06. The lowest BCUT2D eigenvalue weighted by Gasteiger charge is -1.95. The van der Waals surface area contributed by atoms with Gasteiger partial charge >= 0.3 is 0 Å². The van der Waals surface area contributed by atoms with Crippen LogP contribution in [0.4, 0.5) is 11.4 Å². The minimum absolute atomic E-state index is 0.0277. The van der Waals surface area contributed by atoms with Crippen molar-refractivity contribution in [3.05, 3.63) is 45.3 Å². The van der Waals surface area contributed by atoms with Crippen LogP contribution in [0.5, 0.6) is 0 Å². The summed E-state index contributed by atoms with van der Waals surface area (Å²) in [6, 6.07) is 4.19. The topological polar surface area (TPSA) is 47.5 Å². The molecule has 1 aromatic carbocycles. The van der Waals surface area contributed by atoms with Crippen molar-refractivity contribution >= 4 is 11.4 Å². The number of hydrogen-bond acceptors (Lipinski definition) is 2. The van der Waals surface area contributed by atoms with E-state index >= 15 is 0 Å². The van der Waals surface area contributed by atoms with Gasteiger partial charge in [-0.05, 0) is 18.6 Å². The van der Waals surface area contributed by atoms with E-state index in [1.165, 1.54) is 18.2 Å². The Morgan fingerprint density at radius 3 is 2.67 bits per heavy atom. The van der Waals surface area contributed by atoms with Crippen molar-refractivity contribution in [2.24, 2.45) is 0 Å². The molecule has 0 heterocycles. The minimum Gasteiger partial charge on any atom is -0.258 e. The summed E-state index contributed by atoms with van der Waals surface area (Å²) < 4.78 is 0. The molecular weight excluding hydrogens is 156 g/mol. The molecular formula is C8H6N2O2.